The Kier molecular flexibility index (Phi) is 3.22. The second kappa shape index (κ2) is 4.81. The van der Waals surface area contributed by atoms with E-state index in [1.165, 1.54) is 17.4 Å². The summed E-state index contributed by atoms with van der Waals surface area (Å²) < 4.78 is 5.04. The van der Waals surface area contributed by atoms with Crippen LogP contribution in [0.1, 0.15) is 4.88 Å². The van der Waals surface area contributed by atoms with Gasteiger partial charge in [0.2, 0.25) is 0 Å². The zero-order valence-electron chi connectivity index (χ0n) is 8.42. The molecule has 0 radical (unpaired) electrons. The molecule has 0 aliphatic carbocycles. The summed E-state index contributed by atoms with van der Waals surface area (Å²) in [7, 11) is 0. The lowest BCUT2D eigenvalue weighted by atomic mass is 10.3. The number of hydrogen-bond donors (Lipinski definition) is 1. The van der Waals surface area contributed by atoms with E-state index in [9.17, 15) is 9.90 Å². The molecule has 82 valence electrons. The molecule has 0 unspecified atom stereocenters. The molecule has 1 heterocycles. The molecule has 0 aliphatic heterocycles. The number of carbonyl (C=O) groups is 1. The van der Waals surface area contributed by atoms with Crippen LogP contribution in [0.4, 0.5) is 0 Å². The third-order valence-electron chi connectivity index (χ3n) is 1.99. The van der Waals surface area contributed by atoms with Gasteiger partial charge in [0, 0.05) is 4.88 Å². The molecule has 0 aliphatic rings. The Hall–Kier alpha value is -1.81. The third kappa shape index (κ3) is 2.61. The van der Waals surface area contributed by atoms with Crippen LogP contribution in [0, 0.1) is 0 Å². The van der Waals surface area contributed by atoms with E-state index in [0.29, 0.717) is 0 Å². The predicted molar refractivity (Wildman–Crippen MR) is 61.8 cm³/mol. The monoisotopic (exact) mass is 234 g/mol. The van der Waals surface area contributed by atoms with Crippen molar-refractivity contribution in [2.24, 2.45) is 0 Å². The predicted octanol–water partition coefficient (Wildman–Crippen LogP) is 2.60. The van der Waals surface area contributed by atoms with Gasteiger partial charge in [0.25, 0.3) is 0 Å². The lowest BCUT2D eigenvalue weighted by Crippen LogP contribution is -2.10. The van der Waals surface area contributed by atoms with E-state index in [0.717, 1.165) is 4.88 Å². The highest BCUT2D eigenvalue weighted by molar-refractivity contribution is 7.10. The Morgan fingerprint density at radius 2 is 2.06 bits per heavy atom. The number of aromatic hydroxyl groups is 1. The van der Waals surface area contributed by atoms with Gasteiger partial charge in [-0.25, -0.2) is 0 Å². The fourth-order valence-electron chi connectivity index (χ4n) is 1.26. The number of benzene rings is 1. The zero-order valence-corrected chi connectivity index (χ0v) is 9.24. The molecule has 16 heavy (non-hydrogen) atoms. The average molecular weight is 234 g/mol. The molecule has 0 bridgehead atoms. The standard InChI is InChI=1S/C12H10O3S/c13-10-5-1-2-6-11(10)15-12(14)8-9-4-3-7-16-9/h1-7,13H,8H2. The molecule has 3 nitrogen and oxygen atoms in total. The Balaban J connectivity index is 2.00. The summed E-state index contributed by atoms with van der Waals surface area (Å²) in [5.41, 5.74) is 0. The summed E-state index contributed by atoms with van der Waals surface area (Å²) in [6, 6.07) is 10.2. The van der Waals surface area contributed by atoms with Crippen molar-refractivity contribution >= 4 is 17.3 Å². The first-order valence-electron chi connectivity index (χ1n) is 4.77. The minimum absolute atomic E-state index is 0.0259. The van der Waals surface area contributed by atoms with Crippen molar-refractivity contribution in [2.75, 3.05) is 0 Å². The highest BCUT2D eigenvalue weighted by Gasteiger charge is 2.09. The molecule has 0 saturated heterocycles. The summed E-state index contributed by atoms with van der Waals surface area (Å²) in [5.74, 6) is -0.199. The van der Waals surface area contributed by atoms with Gasteiger partial charge in [0.05, 0.1) is 6.42 Å². The first-order valence-corrected chi connectivity index (χ1v) is 5.65. The number of para-hydroxylation sites is 2. The number of ether oxygens (including phenoxy) is 1. The molecule has 1 aromatic heterocycles. The van der Waals surface area contributed by atoms with E-state index in [-0.39, 0.29) is 23.9 Å². The van der Waals surface area contributed by atoms with Crippen molar-refractivity contribution in [3.63, 3.8) is 0 Å². The van der Waals surface area contributed by atoms with Crippen LogP contribution < -0.4 is 4.74 Å². The lowest BCUT2D eigenvalue weighted by molar-refractivity contribution is -0.133. The van der Waals surface area contributed by atoms with Crippen molar-refractivity contribution in [3.05, 3.63) is 46.7 Å². The second-order valence-corrected chi connectivity index (χ2v) is 4.23. The summed E-state index contributed by atoms with van der Waals surface area (Å²) >= 11 is 1.50. The lowest BCUT2D eigenvalue weighted by Gasteiger charge is -2.04. The van der Waals surface area contributed by atoms with Gasteiger partial charge in [-0.1, -0.05) is 18.2 Å². The Morgan fingerprint density at radius 3 is 2.75 bits per heavy atom. The van der Waals surface area contributed by atoms with Crippen LogP contribution in [0.25, 0.3) is 0 Å². The van der Waals surface area contributed by atoms with Gasteiger partial charge in [-0.3, -0.25) is 4.79 Å². The summed E-state index contributed by atoms with van der Waals surface area (Å²) in [4.78, 5) is 12.5. The smallest absolute Gasteiger partial charge is 0.316 e. The fourth-order valence-corrected chi connectivity index (χ4v) is 1.95. The van der Waals surface area contributed by atoms with Gasteiger partial charge < -0.3 is 9.84 Å². The Labute approximate surface area is 96.9 Å². The molecular weight excluding hydrogens is 224 g/mol. The van der Waals surface area contributed by atoms with Crippen molar-refractivity contribution in [2.45, 2.75) is 6.42 Å². The number of phenols is 1. The van der Waals surface area contributed by atoms with E-state index in [4.69, 9.17) is 4.74 Å². The average Bonchev–Trinajstić information content (AvgIpc) is 2.74. The van der Waals surface area contributed by atoms with Crippen LogP contribution in [0.2, 0.25) is 0 Å². The maximum Gasteiger partial charge on any atom is 0.316 e. The van der Waals surface area contributed by atoms with Crippen molar-refractivity contribution in [3.8, 4) is 11.5 Å². The number of carbonyl (C=O) groups excluding carboxylic acids is 1. The minimum Gasteiger partial charge on any atom is -0.504 e. The normalized spacial score (nSPS) is 10.0. The van der Waals surface area contributed by atoms with Crippen LogP contribution in [-0.4, -0.2) is 11.1 Å². The molecule has 1 N–H and O–H groups in total. The van der Waals surface area contributed by atoms with Crippen LogP contribution in [0.5, 0.6) is 11.5 Å². The first-order chi connectivity index (χ1) is 7.75. The summed E-state index contributed by atoms with van der Waals surface area (Å²) in [6.07, 6.45) is 0.228. The van der Waals surface area contributed by atoms with E-state index >= 15 is 0 Å². The van der Waals surface area contributed by atoms with Crippen LogP contribution in [-0.2, 0) is 11.2 Å². The molecule has 0 saturated carbocycles. The Bertz CT molecular complexity index is 477. The number of hydrogen-bond acceptors (Lipinski definition) is 4. The molecule has 0 spiro atoms. The van der Waals surface area contributed by atoms with Gasteiger partial charge in [-0.15, -0.1) is 11.3 Å². The van der Waals surface area contributed by atoms with Crippen molar-refractivity contribution in [1.29, 1.82) is 0 Å². The molecule has 0 atom stereocenters. The van der Waals surface area contributed by atoms with E-state index in [2.05, 4.69) is 0 Å². The van der Waals surface area contributed by atoms with E-state index in [1.807, 2.05) is 17.5 Å². The fraction of sp³-hybridized carbons (Fsp3) is 0.0833. The highest BCUT2D eigenvalue weighted by Crippen LogP contribution is 2.24. The zero-order chi connectivity index (χ0) is 11.4. The quantitative estimate of drug-likeness (QED) is 0.656. The molecule has 2 rings (SSSR count). The number of phenolic OH excluding ortho intramolecular Hbond substituents is 1. The topological polar surface area (TPSA) is 46.5 Å². The summed E-state index contributed by atoms with van der Waals surface area (Å²) in [5, 5.41) is 11.3. The van der Waals surface area contributed by atoms with Gasteiger partial charge >= 0.3 is 5.97 Å². The molecule has 0 fully saturated rings. The molecular formula is C12H10O3S. The van der Waals surface area contributed by atoms with Crippen molar-refractivity contribution < 1.29 is 14.6 Å². The van der Waals surface area contributed by atoms with Gasteiger partial charge in [0.1, 0.15) is 0 Å². The van der Waals surface area contributed by atoms with Crippen molar-refractivity contribution in [1.82, 2.24) is 0 Å². The highest BCUT2D eigenvalue weighted by atomic mass is 32.1. The van der Waals surface area contributed by atoms with Gasteiger partial charge in [0.15, 0.2) is 11.5 Å². The third-order valence-corrected chi connectivity index (χ3v) is 2.86. The maximum absolute atomic E-state index is 11.5. The van der Waals surface area contributed by atoms with Gasteiger partial charge in [-0.05, 0) is 23.6 Å². The van der Waals surface area contributed by atoms with E-state index < -0.39 is 0 Å². The largest absolute Gasteiger partial charge is 0.504 e. The second-order valence-electron chi connectivity index (χ2n) is 3.20. The number of thiophene rings is 1. The van der Waals surface area contributed by atoms with Gasteiger partial charge in [-0.2, -0.15) is 0 Å². The number of esters is 1. The van der Waals surface area contributed by atoms with Crippen LogP contribution >= 0.6 is 11.3 Å². The minimum atomic E-state index is -0.371. The Morgan fingerprint density at radius 1 is 1.25 bits per heavy atom. The van der Waals surface area contributed by atoms with Crippen LogP contribution in [0.3, 0.4) is 0 Å². The number of rotatable bonds is 3. The SMILES string of the molecule is O=C(Cc1cccs1)Oc1ccccc1O. The van der Waals surface area contributed by atoms with Crippen LogP contribution in [0.15, 0.2) is 41.8 Å². The maximum atomic E-state index is 11.5. The molecule has 1 aromatic carbocycles. The first kappa shape index (κ1) is 10.7. The van der Waals surface area contributed by atoms with E-state index in [1.54, 1.807) is 18.2 Å². The molecule has 2 aromatic rings. The summed E-state index contributed by atoms with van der Waals surface area (Å²) in [6.45, 7) is 0. The molecule has 0 amide bonds. The molecule has 4 heteroatoms.